The van der Waals surface area contributed by atoms with E-state index in [1.165, 1.54) is 12.7 Å². The number of H-pyrrole nitrogens is 1. The number of carbonyl (C=O) groups is 1. The largest absolute Gasteiger partial charge is 0.497 e. The predicted molar refractivity (Wildman–Crippen MR) is 95.8 cm³/mol. The molecule has 2 aromatic carbocycles. The lowest BCUT2D eigenvalue weighted by atomic mass is 9.90. The van der Waals surface area contributed by atoms with Crippen molar-refractivity contribution in [2.24, 2.45) is 0 Å². The van der Waals surface area contributed by atoms with Crippen molar-refractivity contribution in [2.75, 3.05) is 14.2 Å². The fourth-order valence-corrected chi connectivity index (χ4v) is 3.59. The Morgan fingerprint density at radius 3 is 2.56 bits per heavy atom. The van der Waals surface area contributed by atoms with Crippen molar-refractivity contribution in [3.05, 3.63) is 65.4 Å². The third-order valence-corrected chi connectivity index (χ3v) is 4.85. The van der Waals surface area contributed by atoms with E-state index in [1.54, 1.807) is 7.11 Å². The van der Waals surface area contributed by atoms with Gasteiger partial charge in [0.05, 0.1) is 20.3 Å². The summed E-state index contributed by atoms with van der Waals surface area (Å²) in [4.78, 5) is 15.7. The van der Waals surface area contributed by atoms with Crippen LogP contribution in [0.2, 0.25) is 0 Å². The fourth-order valence-electron chi connectivity index (χ4n) is 3.59. The van der Waals surface area contributed by atoms with Crippen LogP contribution in [-0.4, -0.2) is 31.2 Å². The quantitative estimate of drug-likeness (QED) is 0.722. The van der Waals surface area contributed by atoms with Gasteiger partial charge in [-0.25, -0.2) is 0 Å². The molecule has 2 N–H and O–H groups in total. The van der Waals surface area contributed by atoms with E-state index < -0.39 is 0 Å². The van der Waals surface area contributed by atoms with Crippen LogP contribution in [0.1, 0.15) is 22.9 Å². The Morgan fingerprint density at radius 2 is 1.84 bits per heavy atom. The van der Waals surface area contributed by atoms with E-state index >= 15 is 0 Å². The van der Waals surface area contributed by atoms with Crippen molar-refractivity contribution in [1.82, 2.24) is 10.3 Å². The molecule has 5 nitrogen and oxygen atoms in total. The van der Waals surface area contributed by atoms with Crippen LogP contribution in [0.5, 0.6) is 5.75 Å². The summed E-state index contributed by atoms with van der Waals surface area (Å²) < 4.78 is 10.2. The average molecular weight is 336 g/mol. The summed E-state index contributed by atoms with van der Waals surface area (Å²) in [7, 11) is 3.08. The number of hydrogen-bond acceptors (Lipinski definition) is 4. The molecule has 0 saturated carbocycles. The Balaban J connectivity index is 1.83. The standard InChI is InChI=1S/C20H20N2O3/c1-24-13-9-7-12(8-10-13)18-19-15(11-17(22-18)20(23)25-2)14-5-3-4-6-16(14)21-19/h3-10,17-18,21-22H,11H2,1-2H3. The highest BCUT2D eigenvalue weighted by atomic mass is 16.5. The molecule has 3 aromatic rings. The normalized spacial score (nSPS) is 19.4. The molecule has 0 fully saturated rings. The molecule has 25 heavy (non-hydrogen) atoms. The van der Waals surface area contributed by atoms with Gasteiger partial charge in [-0.15, -0.1) is 0 Å². The second-order valence-corrected chi connectivity index (χ2v) is 6.22. The number of benzene rings is 2. The van der Waals surface area contributed by atoms with Crippen LogP contribution in [0.3, 0.4) is 0 Å². The second-order valence-electron chi connectivity index (χ2n) is 6.22. The third-order valence-electron chi connectivity index (χ3n) is 4.85. The minimum Gasteiger partial charge on any atom is -0.497 e. The molecule has 2 heterocycles. The maximum absolute atomic E-state index is 12.2. The second kappa shape index (κ2) is 6.26. The number of para-hydroxylation sites is 1. The summed E-state index contributed by atoms with van der Waals surface area (Å²) in [5, 5.41) is 4.59. The Morgan fingerprint density at radius 1 is 1.08 bits per heavy atom. The number of nitrogens with one attached hydrogen (secondary N) is 2. The monoisotopic (exact) mass is 336 g/mol. The van der Waals surface area contributed by atoms with Gasteiger partial charge in [-0.05, 0) is 29.3 Å². The lowest BCUT2D eigenvalue weighted by molar-refractivity contribution is -0.143. The first-order valence-corrected chi connectivity index (χ1v) is 8.28. The van der Waals surface area contributed by atoms with Crippen molar-refractivity contribution in [3.63, 3.8) is 0 Å². The Hall–Kier alpha value is -2.79. The van der Waals surface area contributed by atoms with Crippen LogP contribution in [0.25, 0.3) is 10.9 Å². The zero-order valence-corrected chi connectivity index (χ0v) is 14.2. The molecular weight excluding hydrogens is 316 g/mol. The zero-order chi connectivity index (χ0) is 17.4. The van der Waals surface area contributed by atoms with E-state index in [2.05, 4.69) is 22.4 Å². The molecule has 0 bridgehead atoms. The molecule has 4 rings (SSSR count). The molecule has 128 valence electrons. The molecule has 1 aliphatic heterocycles. The van der Waals surface area contributed by atoms with Crippen LogP contribution < -0.4 is 10.1 Å². The number of carbonyl (C=O) groups excluding carboxylic acids is 1. The van der Waals surface area contributed by atoms with E-state index in [9.17, 15) is 4.79 Å². The average Bonchev–Trinajstić information content (AvgIpc) is 3.05. The first kappa shape index (κ1) is 15.7. The molecular formula is C20H20N2O3. The van der Waals surface area contributed by atoms with Crippen LogP contribution in [0.15, 0.2) is 48.5 Å². The summed E-state index contributed by atoms with van der Waals surface area (Å²) in [6.07, 6.45) is 0.610. The van der Waals surface area contributed by atoms with Crippen molar-refractivity contribution >= 4 is 16.9 Å². The first-order valence-electron chi connectivity index (χ1n) is 8.28. The highest BCUT2D eigenvalue weighted by molar-refractivity contribution is 5.87. The molecule has 1 aliphatic rings. The summed E-state index contributed by atoms with van der Waals surface area (Å²) in [6, 6.07) is 15.6. The first-order chi connectivity index (χ1) is 12.2. The van der Waals surface area contributed by atoms with E-state index in [-0.39, 0.29) is 18.1 Å². The van der Waals surface area contributed by atoms with Crippen molar-refractivity contribution < 1.29 is 14.3 Å². The van der Waals surface area contributed by atoms with Gasteiger partial charge >= 0.3 is 5.97 Å². The molecule has 0 amide bonds. The van der Waals surface area contributed by atoms with Crippen LogP contribution >= 0.6 is 0 Å². The zero-order valence-electron chi connectivity index (χ0n) is 14.2. The Kier molecular flexibility index (Phi) is 3.93. The van der Waals surface area contributed by atoms with Crippen molar-refractivity contribution in [2.45, 2.75) is 18.5 Å². The van der Waals surface area contributed by atoms with Crippen molar-refractivity contribution in [1.29, 1.82) is 0 Å². The Labute approximate surface area is 146 Å². The lowest BCUT2D eigenvalue weighted by Crippen LogP contribution is -2.45. The van der Waals surface area contributed by atoms with Gasteiger partial charge < -0.3 is 14.5 Å². The molecule has 0 radical (unpaired) electrons. The van der Waals surface area contributed by atoms with Crippen molar-refractivity contribution in [3.8, 4) is 5.75 Å². The highest BCUT2D eigenvalue weighted by Crippen LogP contribution is 2.35. The molecule has 0 spiro atoms. The number of esters is 1. The van der Waals surface area contributed by atoms with E-state index in [0.29, 0.717) is 6.42 Å². The van der Waals surface area contributed by atoms with Gasteiger partial charge in [0.2, 0.25) is 0 Å². The fraction of sp³-hybridized carbons (Fsp3) is 0.250. The smallest absolute Gasteiger partial charge is 0.323 e. The third kappa shape index (κ3) is 2.66. The van der Waals surface area contributed by atoms with Gasteiger partial charge in [-0.3, -0.25) is 10.1 Å². The summed E-state index contributed by atoms with van der Waals surface area (Å²) in [5.41, 5.74) is 4.43. The molecule has 0 aliphatic carbocycles. The number of aromatic amines is 1. The van der Waals surface area contributed by atoms with Gasteiger partial charge in [0.25, 0.3) is 0 Å². The molecule has 5 heteroatoms. The molecule has 2 unspecified atom stereocenters. The summed E-state index contributed by atoms with van der Waals surface area (Å²) >= 11 is 0. The van der Waals surface area contributed by atoms with Crippen LogP contribution in [0, 0.1) is 0 Å². The summed E-state index contributed by atoms with van der Waals surface area (Å²) in [5.74, 6) is 0.565. The maximum Gasteiger partial charge on any atom is 0.323 e. The van der Waals surface area contributed by atoms with Gasteiger partial charge in [-0.2, -0.15) is 0 Å². The van der Waals surface area contributed by atoms with Gasteiger partial charge in [0.15, 0.2) is 0 Å². The van der Waals surface area contributed by atoms with E-state index in [0.717, 1.165) is 27.9 Å². The molecule has 2 atom stereocenters. The number of aromatic nitrogens is 1. The molecule has 0 saturated heterocycles. The SMILES string of the molecule is COC(=O)C1Cc2c([nH]c3ccccc23)C(c2ccc(OC)cc2)N1. The van der Waals surface area contributed by atoms with Gasteiger partial charge in [0.1, 0.15) is 11.8 Å². The maximum atomic E-state index is 12.2. The van der Waals surface area contributed by atoms with E-state index in [1.807, 2.05) is 36.4 Å². The number of fused-ring (bicyclic) bond motifs is 3. The highest BCUT2D eigenvalue weighted by Gasteiger charge is 2.34. The van der Waals surface area contributed by atoms with Crippen LogP contribution in [-0.2, 0) is 16.0 Å². The number of ether oxygens (including phenoxy) is 2. The Bertz CT molecular complexity index is 914. The van der Waals surface area contributed by atoms with Gasteiger partial charge in [-0.1, -0.05) is 30.3 Å². The topological polar surface area (TPSA) is 63.4 Å². The van der Waals surface area contributed by atoms with Crippen LogP contribution in [0.4, 0.5) is 0 Å². The summed E-state index contributed by atoms with van der Waals surface area (Å²) in [6.45, 7) is 0. The van der Waals surface area contributed by atoms with E-state index in [4.69, 9.17) is 9.47 Å². The predicted octanol–water partition coefficient (Wildman–Crippen LogP) is 2.95. The minimum absolute atomic E-state index is 0.105. The lowest BCUT2D eigenvalue weighted by Gasteiger charge is -2.30. The number of hydrogen-bond donors (Lipinski definition) is 2. The minimum atomic E-state index is -0.371. The number of methoxy groups -OCH3 is 2. The number of rotatable bonds is 3. The molecule has 1 aromatic heterocycles. The van der Waals surface area contributed by atoms with Gasteiger partial charge in [0, 0.05) is 23.0 Å².